The monoisotopic (exact) mass is 278 g/mol. The Hall–Kier alpha value is -1.89. The lowest BCUT2D eigenvalue weighted by Gasteiger charge is -2.08. The first-order chi connectivity index (χ1) is 9.11. The third-order valence-corrected chi connectivity index (χ3v) is 3.55. The fraction of sp³-hybridized carbons (Fsp3) is 0.333. The van der Waals surface area contributed by atoms with Crippen LogP contribution in [0.5, 0.6) is 0 Å². The molecular weight excluding hydrogens is 264 g/mol. The zero-order chi connectivity index (χ0) is 13.8. The number of methoxy groups -OCH3 is 1. The van der Waals surface area contributed by atoms with Crippen LogP contribution < -0.4 is 0 Å². The van der Waals surface area contributed by atoms with E-state index in [0.717, 1.165) is 11.3 Å². The van der Waals surface area contributed by atoms with Crippen LogP contribution >= 0.6 is 11.8 Å². The van der Waals surface area contributed by atoms with E-state index in [0.29, 0.717) is 5.16 Å². The van der Waals surface area contributed by atoms with Crippen molar-refractivity contribution in [3.63, 3.8) is 0 Å². The smallest absolute Gasteiger partial charge is 0.318 e. The standard InChI is InChI=1S/C12H14N4O2S/c1-8-4-6-10(7-5-8)16-12(13-14-15-16)19-9(2)11(17)18-3/h4-7,9H,1-3H3/t9-/m0/s1. The largest absolute Gasteiger partial charge is 0.468 e. The summed E-state index contributed by atoms with van der Waals surface area (Å²) in [5.41, 5.74) is 2.02. The Balaban J connectivity index is 2.22. The zero-order valence-corrected chi connectivity index (χ0v) is 11.7. The molecule has 0 amide bonds. The van der Waals surface area contributed by atoms with Gasteiger partial charge in [0.15, 0.2) is 0 Å². The molecule has 7 heteroatoms. The molecule has 2 rings (SSSR count). The number of esters is 1. The lowest BCUT2D eigenvalue weighted by atomic mass is 10.2. The molecule has 0 radical (unpaired) electrons. The van der Waals surface area contributed by atoms with E-state index in [2.05, 4.69) is 20.3 Å². The van der Waals surface area contributed by atoms with Crippen LogP contribution in [0.3, 0.4) is 0 Å². The Morgan fingerprint density at radius 2 is 2.05 bits per heavy atom. The molecule has 100 valence electrons. The van der Waals surface area contributed by atoms with E-state index >= 15 is 0 Å². The van der Waals surface area contributed by atoms with Crippen LogP contribution in [0, 0.1) is 6.92 Å². The molecular formula is C12H14N4O2S. The summed E-state index contributed by atoms with van der Waals surface area (Å²) in [4.78, 5) is 11.4. The van der Waals surface area contributed by atoms with E-state index in [1.165, 1.54) is 18.9 Å². The predicted molar refractivity (Wildman–Crippen MR) is 71.2 cm³/mol. The van der Waals surface area contributed by atoms with Crippen LogP contribution in [0.25, 0.3) is 5.69 Å². The second kappa shape index (κ2) is 5.83. The molecule has 0 spiro atoms. The lowest BCUT2D eigenvalue weighted by molar-refractivity contribution is -0.139. The molecule has 1 atom stereocenters. The van der Waals surface area contributed by atoms with E-state index in [4.69, 9.17) is 0 Å². The molecule has 0 unspecified atom stereocenters. The van der Waals surface area contributed by atoms with Gasteiger partial charge in [-0.2, -0.15) is 4.68 Å². The number of carbonyl (C=O) groups excluding carboxylic acids is 1. The van der Waals surface area contributed by atoms with E-state index in [1.54, 1.807) is 11.6 Å². The van der Waals surface area contributed by atoms with E-state index in [9.17, 15) is 4.79 Å². The van der Waals surface area contributed by atoms with Crippen molar-refractivity contribution in [2.45, 2.75) is 24.3 Å². The van der Waals surface area contributed by atoms with Gasteiger partial charge in [-0.1, -0.05) is 29.5 Å². The first-order valence-corrected chi connectivity index (χ1v) is 6.59. The molecule has 1 aromatic carbocycles. The second-order valence-electron chi connectivity index (χ2n) is 3.99. The molecule has 1 heterocycles. The van der Waals surface area contributed by atoms with Crippen molar-refractivity contribution in [1.82, 2.24) is 20.2 Å². The number of carbonyl (C=O) groups is 1. The number of hydrogen-bond donors (Lipinski definition) is 0. The van der Waals surface area contributed by atoms with Crippen molar-refractivity contribution in [3.05, 3.63) is 29.8 Å². The molecule has 0 N–H and O–H groups in total. The third-order valence-electron chi connectivity index (χ3n) is 2.53. The minimum absolute atomic E-state index is 0.302. The summed E-state index contributed by atoms with van der Waals surface area (Å²) in [7, 11) is 1.36. The summed E-state index contributed by atoms with van der Waals surface area (Å²) < 4.78 is 6.29. The van der Waals surface area contributed by atoms with Gasteiger partial charge in [0.1, 0.15) is 5.25 Å². The van der Waals surface area contributed by atoms with Crippen LogP contribution in [0.15, 0.2) is 29.4 Å². The van der Waals surface area contributed by atoms with Gasteiger partial charge >= 0.3 is 5.97 Å². The highest BCUT2D eigenvalue weighted by atomic mass is 32.2. The first kappa shape index (κ1) is 13.5. The van der Waals surface area contributed by atoms with Gasteiger partial charge in [0, 0.05) is 0 Å². The van der Waals surface area contributed by atoms with Gasteiger partial charge in [-0.25, -0.2) is 0 Å². The molecule has 0 fully saturated rings. The topological polar surface area (TPSA) is 69.9 Å². The SMILES string of the molecule is COC(=O)[C@H](C)Sc1nnnn1-c1ccc(C)cc1. The molecule has 1 aromatic heterocycles. The van der Waals surface area contributed by atoms with Gasteiger partial charge in [-0.3, -0.25) is 4.79 Å². The quantitative estimate of drug-likeness (QED) is 0.625. The number of thioether (sulfide) groups is 1. The van der Waals surface area contributed by atoms with Crippen LogP contribution in [0.1, 0.15) is 12.5 Å². The number of benzene rings is 1. The van der Waals surface area contributed by atoms with Crippen molar-refractivity contribution in [2.75, 3.05) is 7.11 Å². The van der Waals surface area contributed by atoms with Crippen molar-refractivity contribution >= 4 is 17.7 Å². The minimum Gasteiger partial charge on any atom is -0.468 e. The molecule has 2 aromatic rings. The molecule has 19 heavy (non-hydrogen) atoms. The molecule has 0 aliphatic heterocycles. The predicted octanol–water partition coefficient (Wildman–Crippen LogP) is 1.62. The zero-order valence-electron chi connectivity index (χ0n) is 10.9. The van der Waals surface area contributed by atoms with Gasteiger partial charge in [0.2, 0.25) is 5.16 Å². The van der Waals surface area contributed by atoms with Crippen LogP contribution in [0.4, 0.5) is 0 Å². The molecule has 0 bridgehead atoms. The number of ether oxygens (including phenoxy) is 1. The Morgan fingerprint density at radius 3 is 2.68 bits per heavy atom. The maximum Gasteiger partial charge on any atom is 0.318 e. The summed E-state index contributed by atoms with van der Waals surface area (Å²) in [6, 6.07) is 7.82. The minimum atomic E-state index is -0.361. The van der Waals surface area contributed by atoms with Crippen LogP contribution in [-0.4, -0.2) is 38.5 Å². The molecule has 0 saturated carbocycles. The summed E-state index contributed by atoms with van der Waals surface area (Å²) in [5.74, 6) is -0.302. The maximum absolute atomic E-state index is 11.4. The Morgan fingerprint density at radius 1 is 1.37 bits per heavy atom. The fourth-order valence-corrected chi connectivity index (χ4v) is 2.31. The maximum atomic E-state index is 11.4. The van der Waals surface area contributed by atoms with Crippen molar-refractivity contribution < 1.29 is 9.53 Å². The fourth-order valence-electron chi connectivity index (χ4n) is 1.47. The summed E-state index contributed by atoms with van der Waals surface area (Å²) in [6.07, 6.45) is 0. The number of rotatable bonds is 4. The van der Waals surface area contributed by atoms with Gasteiger partial charge < -0.3 is 4.74 Å². The van der Waals surface area contributed by atoms with E-state index in [1.807, 2.05) is 31.2 Å². The van der Waals surface area contributed by atoms with Crippen LogP contribution in [-0.2, 0) is 9.53 Å². The van der Waals surface area contributed by atoms with E-state index in [-0.39, 0.29) is 11.2 Å². The highest BCUT2D eigenvalue weighted by molar-refractivity contribution is 8.00. The van der Waals surface area contributed by atoms with Crippen molar-refractivity contribution in [3.8, 4) is 5.69 Å². The van der Waals surface area contributed by atoms with Crippen LogP contribution in [0.2, 0.25) is 0 Å². The van der Waals surface area contributed by atoms with Gasteiger partial charge in [-0.15, -0.1) is 5.10 Å². The normalized spacial score (nSPS) is 12.2. The summed E-state index contributed by atoms with van der Waals surface area (Å²) in [6.45, 7) is 3.77. The molecule has 0 saturated heterocycles. The highest BCUT2D eigenvalue weighted by Crippen LogP contribution is 2.23. The van der Waals surface area contributed by atoms with Crippen molar-refractivity contribution in [2.24, 2.45) is 0 Å². The second-order valence-corrected chi connectivity index (χ2v) is 5.30. The Labute approximate surface area is 115 Å². The Bertz CT molecular complexity index is 567. The third kappa shape index (κ3) is 3.11. The average Bonchev–Trinajstić information content (AvgIpc) is 2.86. The highest BCUT2D eigenvalue weighted by Gasteiger charge is 2.19. The number of aromatic nitrogens is 4. The van der Waals surface area contributed by atoms with Gasteiger partial charge in [0.05, 0.1) is 12.8 Å². The molecule has 0 aliphatic rings. The van der Waals surface area contributed by atoms with E-state index < -0.39 is 0 Å². The van der Waals surface area contributed by atoms with Gasteiger partial charge in [0.25, 0.3) is 0 Å². The lowest BCUT2D eigenvalue weighted by Crippen LogP contribution is -2.15. The molecule has 6 nitrogen and oxygen atoms in total. The van der Waals surface area contributed by atoms with Crippen molar-refractivity contribution in [1.29, 1.82) is 0 Å². The summed E-state index contributed by atoms with van der Waals surface area (Å²) >= 11 is 1.26. The summed E-state index contributed by atoms with van der Waals surface area (Å²) in [5, 5.41) is 11.7. The van der Waals surface area contributed by atoms with Gasteiger partial charge in [-0.05, 0) is 36.4 Å². The number of nitrogens with zero attached hydrogens (tertiary/aromatic N) is 4. The average molecular weight is 278 g/mol. The number of tetrazole rings is 1. The first-order valence-electron chi connectivity index (χ1n) is 5.71. The number of hydrogen-bond acceptors (Lipinski definition) is 6. The number of aryl methyl sites for hydroxylation is 1. The molecule has 0 aliphatic carbocycles. The Kier molecular flexibility index (Phi) is 4.16.